The van der Waals surface area contributed by atoms with Gasteiger partial charge in [0, 0.05) is 0 Å². The van der Waals surface area contributed by atoms with Crippen LogP contribution in [-0.4, -0.2) is 5.97 Å². The van der Waals surface area contributed by atoms with E-state index in [0.29, 0.717) is 3.39 Å². The van der Waals surface area contributed by atoms with Gasteiger partial charge in [0.05, 0.1) is 9.31 Å². The molecule has 1 aliphatic rings. The molecule has 2 nitrogen and oxygen atoms in total. The number of ether oxygens (including phenoxy) is 1. The molecule has 1 atom stereocenters. The van der Waals surface area contributed by atoms with Gasteiger partial charge in [-0.15, -0.1) is 0 Å². The standard InChI is InChI=1S/C8H10Br2O2/c1-8(2)3-5(8)7(11)12-4-6(9)10/h4-5H,3H2,1-2H3. The van der Waals surface area contributed by atoms with Gasteiger partial charge < -0.3 is 4.74 Å². The van der Waals surface area contributed by atoms with Gasteiger partial charge in [-0.2, -0.15) is 0 Å². The zero-order valence-corrected chi connectivity index (χ0v) is 10.1. The molecule has 1 rings (SSSR count). The molecular weight excluding hydrogens is 288 g/mol. The summed E-state index contributed by atoms with van der Waals surface area (Å²) in [4.78, 5) is 11.2. The van der Waals surface area contributed by atoms with E-state index in [-0.39, 0.29) is 17.3 Å². The Balaban J connectivity index is 2.37. The van der Waals surface area contributed by atoms with Crippen LogP contribution in [-0.2, 0) is 9.53 Å². The van der Waals surface area contributed by atoms with Gasteiger partial charge in [0.1, 0.15) is 6.26 Å². The maximum absolute atomic E-state index is 11.2. The molecule has 0 aromatic carbocycles. The molecule has 0 saturated heterocycles. The van der Waals surface area contributed by atoms with Gasteiger partial charge in [-0.3, -0.25) is 4.79 Å². The molecule has 0 N–H and O–H groups in total. The largest absolute Gasteiger partial charge is 0.432 e. The number of rotatable bonds is 2. The Bertz CT molecular complexity index is 229. The van der Waals surface area contributed by atoms with Gasteiger partial charge >= 0.3 is 5.97 Å². The Hall–Kier alpha value is 0.170. The lowest BCUT2D eigenvalue weighted by Gasteiger charge is -2.00. The van der Waals surface area contributed by atoms with Gasteiger partial charge in [-0.25, -0.2) is 0 Å². The number of esters is 1. The van der Waals surface area contributed by atoms with E-state index in [0.717, 1.165) is 6.42 Å². The Kier molecular flexibility index (Phi) is 2.99. The second kappa shape index (κ2) is 3.50. The molecule has 0 aromatic rings. The first-order valence-electron chi connectivity index (χ1n) is 3.65. The van der Waals surface area contributed by atoms with Crippen LogP contribution in [0.3, 0.4) is 0 Å². The van der Waals surface area contributed by atoms with Crippen LogP contribution in [0.5, 0.6) is 0 Å². The molecule has 0 aromatic heterocycles. The van der Waals surface area contributed by atoms with Crippen molar-refractivity contribution in [3.63, 3.8) is 0 Å². The zero-order chi connectivity index (χ0) is 9.35. The van der Waals surface area contributed by atoms with Crippen molar-refractivity contribution in [3.05, 3.63) is 9.65 Å². The molecule has 1 fully saturated rings. The van der Waals surface area contributed by atoms with Crippen molar-refractivity contribution in [1.29, 1.82) is 0 Å². The Morgan fingerprint density at radius 1 is 1.58 bits per heavy atom. The van der Waals surface area contributed by atoms with E-state index in [1.54, 1.807) is 0 Å². The summed E-state index contributed by atoms with van der Waals surface area (Å²) in [7, 11) is 0. The predicted molar refractivity (Wildman–Crippen MR) is 53.9 cm³/mol. The molecule has 1 saturated carbocycles. The van der Waals surface area contributed by atoms with E-state index < -0.39 is 0 Å². The molecule has 1 aliphatic carbocycles. The van der Waals surface area contributed by atoms with Crippen molar-refractivity contribution in [2.24, 2.45) is 11.3 Å². The van der Waals surface area contributed by atoms with E-state index in [9.17, 15) is 4.79 Å². The fourth-order valence-corrected chi connectivity index (χ4v) is 1.24. The summed E-state index contributed by atoms with van der Waals surface area (Å²) in [6.07, 6.45) is 2.29. The lowest BCUT2D eigenvalue weighted by Crippen LogP contribution is -2.06. The van der Waals surface area contributed by atoms with Gasteiger partial charge in [-0.1, -0.05) is 13.8 Å². The second-order valence-corrected chi connectivity index (χ2v) is 6.36. The van der Waals surface area contributed by atoms with E-state index in [1.165, 1.54) is 6.26 Å². The van der Waals surface area contributed by atoms with Crippen molar-refractivity contribution < 1.29 is 9.53 Å². The fourth-order valence-electron chi connectivity index (χ4n) is 1.05. The number of halogens is 2. The molecule has 0 radical (unpaired) electrons. The maximum atomic E-state index is 11.2. The minimum absolute atomic E-state index is 0.0769. The Morgan fingerprint density at radius 2 is 2.08 bits per heavy atom. The van der Waals surface area contributed by atoms with Gasteiger partial charge in [-0.05, 0) is 43.7 Å². The van der Waals surface area contributed by atoms with E-state index in [2.05, 4.69) is 45.7 Å². The zero-order valence-electron chi connectivity index (χ0n) is 6.93. The fraction of sp³-hybridized carbons (Fsp3) is 0.625. The quantitative estimate of drug-likeness (QED) is 0.578. The van der Waals surface area contributed by atoms with Crippen LogP contribution >= 0.6 is 31.9 Å². The lowest BCUT2D eigenvalue weighted by atomic mass is 10.1. The predicted octanol–water partition coefficient (Wildman–Crippen LogP) is 3.16. The molecule has 0 aliphatic heterocycles. The summed E-state index contributed by atoms with van der Waals surface area (Å²) < 4.78 is 5.51. The third-order valence-electron chi connectivity index (χ3n) is 2.06. The summed E-state index contributed by atoms with van der Waals surface area (Å²) in [6.45, 7) is 4.12. The third-order valence-corrected chi connectivity index (χ3v) is 2.44. The van der Waals surface area contributed by atoms with E-state index >= 15 is 0 Å². The van der Waals surface area contributed by atoms with Crippen molar-refractivity contribution in [1.82, 2.24) is 0 Å². The highest BCUT2D eigenvalue weighted by Gasteiger charge is 2.51. The summed E-state index contributed by atoms with van der Waals surface area (Å²) in [5.41, 5.74) is 0.143. The summed E-state index contributed by atoms with van der Waals surface area (Å²) in [6, 6.07) is 0. The second-order valence-electron chi connectivity index (χ2n) is 3.59. The number of hydrogen-bond donors (Lipinski definition) is 0. The third kappa shape index (κ3) is 2.59. The molecule has 0 amide bonds. The van der Waals surface area contributed by atoms with E-state index in [1.807, 2.05) is 0 Å². The van der Waals surface area contributed by atoms with Crippen LogP contribution in [0.4, 0.5) is 0 Å². The minimum Gasteiger partial charge on any atom is -0.432 e. The van der Waals surface area contributed by atoms with Gasteiger partial charge in [0.2, 0.25) is 0 Å². The molecular formula is C8H10Br2O2. The average molecular weight is 298 g/mol. The smallest absolute Gasteiger partial charge is 0.314 e. The first-order valence-corrected chi connectivity index (χ1v) is 5.24. The monoisotopic (exact) mass is 296 g/mol. The van der Waals surface area contributed by atoms with Crippen molar-refractivity contribution in [2.75, 3.05) is 0 Å². The molecule has 0 heterocycles. The van der Waals surface area contributed by atoms with Crippen LogP contribution in [0.2, 0.25) is 0 Å². The van der Waals surface area contributed by atoms with Crippen molar-refractivity contribution in [2.45, 2.75) is 20.3 Å². The first kappa shape index (κ1) is 10.3. The van der Waals surface area contributed by atoms with Crippen LogP contribution in [0.25, 0.3) is 0 Å². The highest BCUT2D eigenvalue weighted by molar-refractivity contribution is 9.28. The summed E-state index contributed by atoms with van der Waals surface area (Å²) in [5.74, 6) is -0.0653. The normalized spacial score (nSPS) is 24.5. The Labute approximate surface area is 88.6 Å². The van der Waals surface area contributed by atoms with Crippen LogP contribution in [0, 0.1) is 11.3 Å². The number of carbonyl (C=O) groups is 1. The van der Waals surface area contributed by atoms with Gasteiger partial charge in [0.25, 0.3) is 0 Å². The van der Waals surface area contributed by atoms with E-state index in [4.69, 9.17) is 4.74 Å². The summed E-state index contributed by atoms with van der Waals surface area (Å²) in [5, 5.41) is 0. The highest BCUT2D eigenvalue weighted by atomic mass is 79.9. The minimum atomic E-state index is -0.142. The molecule has 4 heteroatoms. The van der Waals surface area contributed by atoms with Crippen molar-refractivity contribution in [3.8, 4) is 0 Å². The van der Waals surface area contributed by atoms with Crippen molar-refractivity contribution >= 4 is 37.8 Å². The van der Waals surface area contributed by atoms with Crippen LogP contribution in [0.15, 0.2) is 9.65 Å². The number of hydrogen-bond acceptors (Lipinski definition) is 2. The molecule has 0 spiro atoms. The molecule has 0 bridgehead atoms. The Morgan fingerprint density at radius 3 is 2.42 bits per heavy atom. The topological polar surface area (TPSA) is 26.3 Å². The van der Waals surface area contributed by atoms with Crippen LogP contribution < -0.4 is 0 Å². The SMILES string of the molecule is CC1(C)CC1C(=O)OC=C(Br)Br. The first-order chi connectivity index (χ1) is 5.43. The maximum Gasteiger partial charge on any atom is 0.314 e. The number of carbonyl (C=O) groups excluding carboxylic acids is 1. The molecule has 68 valence electrons. The summed E-state index contributed by atoms with van der Waals surface area (Å²) >= 11 is 6.20. The lowest BCUT2D eigenvalue weighted by molar-refractivity contribution is -0.140. The molecule has 12 heavy (non-hydrogen) atoms. The average Bonchev–Trinajstić information content (AvgIpc) is 2.55. The molecule has 1 unspecified atom stereocenters. The van der Waals surface area contributed by atoms with Crippen LogP contribution in [0.1, 0.15) is 20.3 Å². The van der Waals surface area contributed by atoms with Gasteiger partial charge in [0.15, 0.2) is 0 Å². The highest BCUT2D eigenvalue weighted by Crippen LogP contribution is 2.52.